The molecule has 1 aliphatic rings. The van der Waals surface area contributed by atoms with Gasteiger partial charge in [0.15, 0.2) is 8.32 Å². The summed E-state index contributed by atoms with van der Waals surface area (Å²) in [5.74, 6) is -0.0968. The van der Waals surface area contributed by atoms with Crippen molar-refractivity contribution in [3.05, 3.63) is 12.2 Å². The maximum atomic E-state index is 11.1. The SMILES string of the molecule is CCCCC/C=C\C(O[Si](C)(C)C)C1OC1CCCCCCCC(=O)OC. The van der Waals surface area contributed by atoms with Crippen molar-refractivity contribution < 1.29 is 18.7 Å². The van der Waals surface area contributed by atoms with Gasteiger partial charge in [-0.1, -0.05) is 57.6 Å². The highest BCUT2D eigenvalue weighted by molar-refractivity contribution is 6.69. The van der Waals surface area contributed by atoms with Gasteiger partial charge >= 0.3 is 5.97 Å². The summed E-state index contributed by atoms with van der Waals surface area (Å²) < 4.78 is 17.0. The van der Waals surface area contributed by atoms with E-state index < -0.39 is 8.32 Å². The number of rotatable bonds is 16. The third kappa shape index (κ3) is 12.4. The van der Waals surface area contributed by atoms with E-state index in [9.17, 15) is 4.79 Å². The summed E-state index contributed by atoms with van der Waals surface area (Å²) in [5, 5.41) is 0. The van der Waals surface area contributed by atoms with Crippen LogP contribution < -0.4 is 0 Å². The maximum absolute atomic E-state index is 11.1. The highest BCUT2D eigenvalue weighted by atomic mass is 28.4. The first-order valence-corrected chi connectivity index (χ1v) is 14.3. The number of esters is 1. The zero-order valence-electron chi connectivity index (χ0n) is 18.3. The molecule has 0 saturated carbocycles. The molecule has 0 bridgehead atoms. The molecule has 0 radical (unpaired) electrons. The lowest BCUT2D eigenvalue weighted by molar-refractivity contribution is -0.140. The molecule has 4 nitrogen and oxygen atoms in total. The van der Waals surface area contributed by atoms with Crippen LogP contribution in [-0.4, -0.2) is 39.7 Å². The average Bonchev–Trinajstić information content (AvgIpc) is 3.38. The third-order valence-corrected chi connectivity index (χ3v) is 5.81. The van der Waals surface area contributed by atoms with Gasteiger partial charge in [0, 0.05) is 6.42 Å². The van der Waals surface area contributed by atoms with E-state index in [1.807, 2.05) is 0 Å². The number of allylic oxidation sites excluding steroid dienone is 1. The van der Waals surface area contributed by atoms with Crippen molar-refractivity contribution in [2.45, 2.75) is 116 Å². The van der Waals surface area contributed by atoms with Gasteiger partial charge in [-0.15, -0.1) is 0 Å². The predicted molar refractivity (Wildman–Crippen MR) is 114 cm³/mol. The van der Waals surface area contributed by atoms with Crippen LogP contribution in [-0.2, 0) is 18.7 Å². The van der Waals surface area contributed by atoms with E-state index in [0.29, 0.717) is 12.5 Å². The lowest BCUT2D eigenvalue weighted by atomic mass is 10.0. The van der Waals surface area contributed by atoms with Gasteiger partial charge < -0.3 is 13.9 Å². The third-order valence-electron chi connectivity index (χ3n) is 4.83. The minimum atomic E-state index is -1.58. The van der Waals surface area contributed by atoms with Crippen LogP contribution in [0.1, 0.15) is 77.6 Å². The van der Waals surface area contributed by atoms with Gasteiger partial charge in [-0.25, -0.2) is 0 Å². The molecule has 3 atom stereocenters. The van der Waals surface area contributed by atoms with E-state index in [1.54, 1.807) is 0 Å². The van der Waals surface area contributed by atoms with Gasteiger partial charge in [0.25, 0.3) is 0 Å². The minimum absolute atomic E-state index is 0.0968. The van der Waals surface area contributed by atoms with Crippen molar-refractivity contribution in [1.29, 1.82) is 0 Å². The second-order valence-electron chi connectivity index (χ2n) is 8.64. The zero-order valence-corrected chi connectivity index (χ0v) is 19.3. The van der Waals surface area contributed by atoms with Gasteiger partial charge in [-0.2, -0.15) is 0 Å². The summed E-state index contributed by atoms with van der Waals surface area (Å²) >= 11 is 0. The van der Waals surface area contributed by atoms with E-state index in [1.165, 1.54) is 45.6 Å². The maximum Gasteiger partial charge on any atom is 0.305 e. The first-order valence-electron chi connectivity index (χ1n) is 10.9. The quantitative estimate of drug-likeness (QED) is 0.105. The molecule has 1 saturated heterocycles. The number of ether oxygens (including phenoxy) is 2. The van der Waals surface area contributed by atoms with Gasteiger partial charge in [0.05, 0.1) is 19.3 Å². The Morgan fingerprint density at radius 2 is 1.78 bits per heavy atom. The molecule has 158 valence electrons. The van der Waals surface area contributed by atoms with Crippen molar-refractivity contribution in [2.75, 3.05) is 7.11 Å². The van der Waals surface area contributed by atoms with Crippen LogP contribution in [0.3, 0.4) is 0 Å². The largest absolute Gasteiger partial charge is 0.469 e. The molecule has 0 aromatic rings. The van der Waals surface area contributed by atoms with Gasteiger partial charge in [-0.05, 0) is 45.3 Å². The van der Waals surface area contributed by atoms with Gasteiger partial charge in [0.2, 0.25) is 0 Å². The van der Waals surface area contributed by atoms with Gasteiger partial charge in [-0.3, -0.25) is 4.79 Å². The Morgan fingerprint density at radius 1 is 1.07 bits per heavy atom. The summed E-state index contributed by atoms with van der Waals surface area (Å²) in [6.07, 6.45) is 17.5. The minimum Gasteiger partial charge on any atom is -0.469 e. The van der Waals surface area contributed by atoms with Crippen molar-refractivity contribution >= 4 is 14.3 Å². The monoisotopic (exact) mass is 398 g/mol. The van der Waals surface area contributed by atoms with Gasteiger partial charge in [0.1, 0.15) is 6.10 Å². The molecule has 27 heavy (non-hydrogen) atoms. The molecule has 1 rings (SSSR count). The molecule has 0 aliphatic carbocycles. The van der Waals surface area contributed by atoms with Crippen LogP contribution in [0.15, 0.2) is 12.2 Å². The van der Waals surface area contributed by atoms with Crippen LogP contribution in [0, 0.1) is 0 Å². The van der Waals surface area contributed by atoms with Crippen molar-refractivity contribution in [3.8, 4) is 0 Å². The molecule has 1 heterocycles. The first kappa shape index (κ1) is 24.4. The predicted octanol–water partition coefficient (Wildman–Crippen LogP) is 6.01. The number of hydrogen-bond acceptors (Lipinski definition) is 4. The molecule has 0 aromatic carbocycles. The number of unbranched alkanes of at least 4 members (excludes halogenated alkanes) is 7. The normalized spacial score (nSPS) is 20.8. The Balaban J connectivity index is 2.22. The second kappa shape index (κ2) is 13.5. The lowest BCUT2D eigenvalue weighted by Gasteiger charge is -2.23. The van der Waals surface area contributed by atoms with E-state index in [0.717, 1.165) is 25.7 Å². The fourth-order valence-electron chi connectivity index (χ4n) is 3.29. The highest BCUT2D eigenvalue weighted by Gasteiger charge is 2.45. The Kier molecular flexibility index (Phi) is 12.2. The van der Waals surface area contributed by atoms with Crippen molar-refractivity contribution in [2.24, 2.45) is 0 Å². The Hall–Kier alpha value is -0.653. The van der Waals surface area contributed by atoms with Crippen LogP contribution in [0.5, 0.6) is 0 Å². The topological polar surface area (TPSA) is 48.1 Å². The number of carbonyl (C=O) groups is 1. The van der Waals surface area contributed by atoms with E-state index in [2.05, 4.69) is 43.5 Å². The Bertz CT molecular complexity index is 431. The smallest absolute Gasteiger partial charge is 0.305 e. The number of carbonyl (C=O) groups excluding carboxylic acids is 1. The van der Waals surface area contributed by atoms with Crippen molar-refractivity contribution in [3.63, 3.8) is 0 Å². The molecule has 1 fully saturated rings. The number of hydrogen-bond donors (Lipinski definition) is 0. The number of epoxide rings is 1. The number of methoxy groups -OCH3 is 1. The molecular weight excluding hydrogens is 356 g/mol. The van der Waals surface area contributed by atoms with Crippen LogP contribution in [0.4, 0.5) is 0 Å². The molecule has 1 aliphatic heterocycles. The standard InChI is InChI=1S/C22H42O4Si/c1-6-7-8-10-14-17-20(26-27(3,4)5)22-19(25-22)16-13-11-9-12-15-18-21(23)24-2/h14,17,19-20,22H,6-13,15-16,18H2,1-5H3/b17-14-. The van der Waals surface area contributed by atoms with Crippen LogP contribution >= 0.6 is 0 Å². The molecule has 5 heteroatoms. The fraction of sp³-hybridized carbons (Fsp3) is 0.864. The van der Waals surface area contributed by atoms with Crippen molar-refractivity contribution in [1.82, 2.24) is 0 Å². The van der Waals surface area contributed by atoms with Crippen LogP contribution in [0.25, 0.3) is 0 Å². The lowest BCUT2D eigenvalue weighted by Crippen LogP contribution is -2.34. The van der Waals surface area contributed by atoms with Crippen LogP contribution in [0.2, 0.25) is 19.6 Å². The van der Waals surface area contributed by atoms with E-state index in [4.69, 9.17) is 9.16 Å². The molecule has 0 N–H and O–H groups in total. The molecular formula is C22H42O4Si. The first-order chi connectivity index (χ1) is 12.9. The summed E-state index contributed by atoms with van der Waals surface area (Å²) in [5.41, 5.74) is 0. The zero-order chi connectivity index (χ0) is 20.1. The molecule has 0 aromatic heterocycles. The summed E-state index contributed by atoms with van der Waals surface area (Å²) in [6, 6.07) is 0. The summed E-state index contributed by atoms with van der Waals surface area (Å²) in [4.78, 5) is 11.1. The summed E-state index contributed by atoms with van der Waals surface area (Å²) in [6.45, 7) is 8.98. The molecule has 0 spiro atoms. The molecule has 0 amide bonds. The Morgan fingerprint density at radius 3 is 2.44 bits per heavy atom. The molecule has 3 unspecified atom stereocenters. The van der Waals surface area contributed by atoms with E-state index in [-0.39, 0.29) is 18.2 Å². The second-order valence-corrected chi connectivity index (χ2v) is 13.1. The average molecular weight is 399 g/mol. The summed E-state index contributed by atoms with van der Waals surface area (Å²) in [7, 11) is -0.130. The highest BCUT2D eigenvalue weighted by Crippen LogP contribution is 2.33. The Labute approximate surface area is 168 Å². The van der Waals surface area contributed by atoms with E-state index >= 15 is 0 Å². The fourth-order valence-corrected chi connectivity index (χ4v) is 4.32.